The maximum Gasteiger partial charge on any atom is 0.508 e. The van der Waals surface area contributed by atoms with Crippen LogP contribution in [0.25, 0.3) is 0 Å². The van der Waals surface area contributed by atoms with Crippen molar-refractivity contribution in [2.24, 2.45) is 0 Å². The molecule has 0 amide bonds. The third-order valence-electron chi connectivity index (χ3n) is 0.848. The summed E-state index contributed by atoms with van der Waals surface area (Å²) in [5.41, 5.74) is 0. The van der Waals surface area contributed by atoms with E-state index in [-0.39, 0.29) is 0 Å². The second-order valence-corrected chi connectivity index (χ2v) is 1.95. The van der Waals surface area contributed by atoms with Crippen molar-refractivity contribution in [3.05, 3.63) is 0 Å². The quantitative estimate of drug-likeness (QED) is 0.569. The molecule has 0 aromatic rings. The molecule has 0 radical (unpaired) electrons. The standard InChI is InChI=1S/C7H14O3/c1-3-5-9-7(8)10-6-4-2/h3-6H2,1-2H3. The van der Waals surface area contributed by atoms with Gasteiger partial charge in [-0.1, -0.05) is 13.8 Å². The summed E-state index contributed by atoms with van der Waals surface area (Å²) in [7, 11) is 0. The topological polar surface area (TPSA) is 35.5 Å². The molecule has 0 saturated heterocycles. The number of rotatable bonds is 4. The van der Waals surface area contributed by atoms with Crippen molar-refractivity contribution in [2.75, 3.05) is 13.2 Å². The molecule has 0 saturated carbocycles. The predicted octanol–water partition coefficient (Wildman–Crippen LogP) is 1.96. The van der Waals surface area contributed by atoms with E-state index < -0.39 is 6.16 Å². The monoisotopic (exact) mass is 146 g/mol. The van der Waals surface area contributed by atoms with Crippen LogP contribution in [0.2, 0.25) is 0 Å². The molecule has 0 unspecified atom stereocenters. The van der Waals surface area contributed by atoms with E-state index in [1.807, 2.05) is 13.8 Å². The van der Waals surface area contributed by atoms with Crippen molar-refractivity contribution in [1.82, 2.24) is 0 Å². The van der Waals surface area contributed by atoms with Gasteiger partial charge in [-0.05, 0) is 12.8 Å². The first-order chi connectivity index (χ1) is 4.81. The zero-order valence-electron chi connectivity index (χ0n) is 6.55. The van der Waals surface area contributed by atoms with Gasteiger partial charge >= 0.3 is 6.16 Å². The van der Waals surface area contributed by atoms with Gasteiger partial charge in [-0.15, -0.1) is 0 Å². The van der Waals surface area contributed by atoms with E-state index >= 15 is 0 Å². The van der Waals surface area contributed by atoms with Crippen LogP contribution >= 0.6 is 0 Å². The molecule has 10 heavy (non-hydrogen) atoms. The summed E-state index contributed by atoms with van der Waals surface area (Å²) >= 11 is 0. The Balaban J connectivity index is 3.09. The lowest BCUT2D eigenvalue weighted by Gasteiger charge is -2.02. The highest BCUT2D eigenvalue weighted by atomic mass is 16.7. The molecule has 0 spiro atoms. The maximum atomic E-state index is 10.5. The molecule has 0 atom stereocenters. The Morgan fingerprint density at radius 3 is 1.80 bits per heavy atom. The zero-order chi connectivity index (χ0) is 7.82. The molecule has 0 bridgehead atoms. The molecule has 0 aromatic carbocycles. The van der Waals surface area contributed by atoms with Gasteiger partial charge in [0.05, 0.1) is 13.2 Å². The molecule has 0 aliphatic rings. The van der Waals surface area contributed by atoms with Gasteiger partial charge in [0.25, 0.3) is 0 Å². The van der Waals surface area contributed by atoms with Crippen LogP contribution in [-0.4, -0.2) is 19.4 Å². The molecule has 60 valence electrons. The minimum atomic E-state index is -0.552. The Morgan fingerprint density at radius 1 is 1.10 bits per heavy atom. The third-order valence-corrected chi connectivity index (χ3v) is 0.848. The number of hydrogen-bond donors (Lipinski definition) is 0. The van der Waals surface area contributed by atoms with Crippen molar-refractivity contribution in [2.45, 2.75) is 26.7 Å². The average molecular weight is 146 g/mol. The summed E-state index contributed by atoms with van der Waals surface area (Å²) in [5.74, 6) is 0. The number of hydrogen-bond acceptors (Lipinski definition) is 3. The SMILES string of the molecule is CCCOC(=O)OCCC. The number of carbonyl (C=O) groups excluding carboxylic acids is 1. The minimum absolute atomic E-state index is 0.447. The largest absolute Gasteiger partial charge is 0.508 e. The normalized spacial score (nSPS) is 9.00. The van der Waals surface area contributed by atoms with Crippen molar-refractivity contribution in [1.29, 1.82) is 0 Å². The first-order valence-corrected chi connectivity index (χ1v) is 3.60. The molecule has 0 fully saturated rings. The first kappa shape index (κ1) is 9.27. The van der Waals surface area contributed by atoms with Gasteiger partial charge in [-0.3, -0.25) is 0 Å². The van der Waals surface area contributed by atoms with E-state index in [0.717, 1.165) is 12.8 Å². The van der Waals surface area contributed by atoms with Crippen molar-refractivity contribution in [3.63, 3.8) is 0 Å². The Bertz CT molecular complexity index is 80.9. The fourth-order valence-corrected chi connectivity index (χ4v) is 0.412. The molecular weight excluding hydrogens is 132 g/mol. The lowest BCUT2D eigenvalue weighted by atomic mass is 10.5. The van der Waals surface area contributed by atoms with Crippen LogP contribution in [0.1, 0.15) is 26.7 Å². The molecule has 0 aliphatic heterocycles. The van der Waals surface area contributed by atoms with Gasteiger partial charge in [-0.25, -0.2) is 4.79 Å². The average Bonchev–Trinajstić information content (AvgIpc) is 1.97. The molecule has 0 rings (SSSR count). The highest BCUT2D eigenvalue weighted by molar-refractivity contribution is 5.59. The Labute approximate surface area is 61.3 Å². The van der Waals surface area contributed by atoms with Crippen molar-refractivity contribution < 1.29 is 14.3 Å². The van der Waals surface area contributed by atoms with E-state index in [9.17, 15) is 4.79 Å². The minimum Gasteiger partial charge on any atom is -0.434 e. The van der Waals surface area contributed by atoms with Gasteiger partial charge in [0.1, 0.15) is 0 Å². The van der Waals surface area contributed by atoms with Gasteiger partial charge in [0, 0.05) is 0 Å². The molecule has 0 N–H and O–H groups in total. The van der Waals surface area contributed by atoms with Gasteiger partial charge in [0.2, 0.25) is 0 Å². The van der Waals surface area contributed by atoms with Crippen LogP contribution in [0.15, 0.2) is 0 Å². The van der Waals surface area contributed by atoms with E-state index in [2.05, 4.69) is 9.47 Å². The first-order valence-electron chi connectivity index (χ1n) is 3.60. The highest BCUT2D eigenvalue weighted by Crippen LogP contribution is 1.88. The summed E-state index contributed by atoms with van der Waals surface area (Å²) in [5, 5.41) is 0. The molecule has 0 aromatic heterocycles. The maximum absolute atomic E-state index is 10.5. The van der Waals surface area contributed by atoms with E-state index in [4.69, 9.17) is 0 Å². The summed E-state index contributed by atoms with van der Waals surface area (Å²) in [4.78, 5) is 10.5. The lowest BCUT2D eigenvalue weighted by molar-refractivity contribution is 0.0555. The second kappa shape index (κ2) is 6.39. The highest BCUT2D eigenvalue weighted by Gasteiger charge is 1.99. The Kier molecular flexibility index (Phi) is 5.92. The zero-order valence-corrected chi connectivity index (χ0v) is 6.55. The lowest BCUT2D eigenvalue weighted by Crippen LogP contribution is -2.08. The van der Waals surface area contributed by atoms with Crippen LogP contribution in [0.5, 0.6) is 0 Å². The molecular formula is C7H14O3. The predicted molar refractivity (Wildman–Crippen MR) is 37.9 cm³/mol. The molecule has 0 aliphatic carbocycles. The van der Waals surface area contributed by atoms with Gasteiger partial charge < -0.3 is 9.47 Å². The summed E-state index contributed by atoms with van der Waals surface area (Å²) in [6.45, 7) is 4.77. The summed E-state index contributed by atoms with van der Waals surface area (Å²) < 4.78 is 9.26. The third kappa shape index (κ3) is 5.41. The fraction of sp³-hybridized carbons (Fsp3) is 0.857. The molecule has 0 heterocycles. The number of carbonyl (C=O) groups is 1. The van der Waals surface area contributed by atoms with Crippen LogP contribution in [0.3, 0.4) is 0 Å². The summed E-state index contributed by atoms with van der Waals surface area (Å²) in [6.07, 6.45) is 1.12. The van der Waals surface area contributed by atoms with Crippen LogP contribution in [0, 0.1) is 0 Å². The van der Waals surface area contributed by atoms with Crippen molar-refractivity contribution >= 4 is 6.16 Å². The second-order valence-electron chi connectivity index (χ2n) is 1.95. The Morgan fingerprint density at radius 2 is 1.50 bits per heavy atom. The van der Waals surface area contributed by atoms with Crippen LogP contribution in [0.4, 0.5) is 4.79 Å². The Hall–Kier alpha value is -0.730. The fourth-order valence-electron chi connectivity index (χ4n) is 0.412. The smallest absolute Gasteiger partial charge is 0.434 e. The summed E-state index contributed by atoms with van der Waals surface area (Å²) in [6, 6.07) is 0. The molecule has 3 heteroatoms. The van der Waals surface area contributed by atoms with Crippen LogP contribution in [-0.2, 0) is 9.47 Å². The number of ether oxygens (including phenoxy) is 2. The van der Waals surface area contributed by atoms with E-state index in [1.54, 1.807) is 0 Å². The van der Waals surface area contributed by atoms with Crippen LogP contribution < -0.4 is 0 Å². The van der Waals surface area contributed by atoms with E-state index in [1.165, 1.54) is 0 Å². The van der Waals surface area contributed by atoms with Gasteiger partial charge in [-0.2, -0.15) is 0 Å². The van der Waals surface area contributed by atoms with Gasteiger partial charge in [0.15, 0.2) is 0 Å². The van der Waals surface area contributed by atoms with E-state index in [0.29, 0.717) is 13.2 Å². The molecule has 3 nitrogen and oxygen atoms in total. The van der Waals surface area contributed by atoms with Crippen molar-refractivity contribution in [3.8, 4) is 0 Å².